The van der Waals surface area contributed by atoms with E-state index in [4.69, 9.17) is 37.0 Å². The highest BCUT2D eigenvalue weighted by atomic mass is 31.2. The van der Waals surface area contributed by atoms with Crippen LogP contribution in [0.2, 0.25) is 0 Å². The molecule has 0 spiro atoms. The van der Waals surface area contributed by atoms with Gasteiger partial charge >= 0.3 is 39.5 Å². The number of rotatable bonds is 85. The van der Waals surface area contributed by atoms with Crippen molar-refractivity contribution in [2.24, 2.45) is 11.8 Å². The Morgan fingerprint density at radius 1 is 0.257 bits per heavy atom. The summed E-state index contributed by atoms with van der Waals surface area (Å²) in [6.45, 7) is 9.66. The molecule has 0 aliphatic heterocycles. The average Bonchev–Trinajstić information content (AvgIpc) is 0.926. The Labute approximate surface area is 645 Å². The lowest BCUT2D eigenvalue weighted by atomic mass is 10.0. The van der Waals surface area contributed by atoms with Crippen molar-refractivity contribution in [3.05, 3.63) is 0 Å². The molecule has 0 saturated carbocycles. The van der Waals surface area contributed by atoms with Crippen LogP contribution in [0.1, 0.15) is 459 Å². The first-order valence-electron chi connectivity index (χ1n) is 44.5. The molecule has 0 fully saturated rings. The van der Waals surface area contributed by atoms with Crippen molar-refractivity contribution in [1.29, 1.82) is 0 Å². The Morgan fingerprint density at radius 3 is 0.648 bits per heavy atom. The maximum atomic E-state index is 13.1. The van der Waals surface area contributed by atoms with Gasteiger partial charge in [0.25, 0.3) is 0 Å². The van der Waals surface area contributed by atoms with E-state index in [1.807, 2.05) is 0 Å². The van der Waals surface area contributed by atoms with Gasteiger partial charge in [-0.1, -0.05) is 408 Å². The minimum absolute atomic E-state index is 0.107. The molecule has 5 atom stereocenters. The summed E-state index contributed by atoms with van der Waals surface area (Å²) in [5.74, 6) is -0.582. The van der Waals surface area contributed by atoms with Crippen LogP contribution >= 0.6 is 15.6 Å². The van der Waals surface area contributed by atoms with Crippen LogP contribution < -0.4 is 0 Å². The predicted molar refractivity (Wildman–Crippen MR) is 432 cm³/mol. The van der Waals surface area contributed by atoms with Crippen LogP contribution in [0.5, 0.6) is 0 Å². The van der Waals surface area contributed by atoms with Gasteiger partial charge in [-0.15, -0.1) is 0 Å². The van der Waals surface area contributed by atoms with Gasteiger partial charge in [0.2, 0.25) is 0 Å². The summed E-state index contributed by atoms with van der Waals surface area (Å²) in [6, 6.07) is 0. The standard InChI is InChI=1S/C86H168O17P2/c1-7-9-11-13-15-17-19-21-23-25-26-27-28-30-32-34-39-45-52-58-64-70-85(90)102-81(74-96-83(88)68-62-56-50-44-38-33-31-29-24-22-20-18-16-14-12-10-8-2)76-100-104(92,93)98-72-80(87)73-99-105(94,95)101-77-82(75-97-84(89)69-63-57-51-47-41-43-49-55-61-67-79(5)6)103-86(91)71-65-59-53-46-40-36-35-37-42-48-54-60-66-78(3)4/h78-82,87H,7-77H2,1-6H3,(H,92,93)(H,94,95)/t80-,81-,82-/m1/s1. The van der Waals surface area contributed by atoms with Crippen molar-refractivity contribution in [1.82, 2.24) is 0 Å². The molecule has 2 unspecified atom stereocenters. The van der Waals surface area contributed by atoms with Crippen LogP contribution in [0.15, 0.2) is 0 Å². The summed E-state index contributed by atoms with van der Waals surface area (Å²) in [6.07, 6.45) is 69.5. The summed E-state index contributed by atoms with van der Waals surface area (Å²) in [5.41, 5.74) is 0. The first kappa shape index (κ1) is 103. The fourth-order valence-electron chi connectivity index (χ4n) is 13.4. The molecular formula is C86H168O17P2. The van der Waals surface area contributed by atoms with Crippen molar-refractivity contribution >= 4 is 39.5 Å². The number of carbonyl (C=O) groups excluding carboxylic acids is 4. The molecule has 3 N–H and O–H groups in total. The number of hydrogen-bond acceptors (Lipinski definition) is 15. The quantitative estimate of drug-likeness (QED) is 0.0222. The number of aliphatic hydroxyl groups excluding tert-OH is 1. The zero-order valence-electron chi connectivity index (χ0n) is 69.0. The van der Waals surface area contributed by atoms with Crippen LogP contribution in [-0.2, 0) is 65.4 Å². The highest BCUT2D eigenvalue weighted by molar-refractivity contribution is 7.47. The molecule has 0 saturated heterocycles. The van der Waals surface area contributed by atoms with E-state index in [1.54, 1.807) is 0 Å². The molecule has 0 aliphatic carbocycles. The molecule has 0 aromatic rings. The third-order valence-corrected chi connectivity index (χ3v) is 22.1. The smallest absolute Gasteiger partial charge is 0.462 e. The largest absolute Gasteiger partial charge is 0.472 e. The molecule has 0 aromatic carbocycles. The number of phosphoric ester groups is 2. The van der Waals surface area contributed by atoms with Gasteiger partial charge in [0.1, 0.15) is 19.3 Å². The van der Waals surface area contributed by atoms with E-state index in [-0.39, 0.29) is 25.7 Å². The first-order chi connectivity index (χ1) is 50.9. The van der Waals surface area contributed by atoms with E-state index in [0.29, 0.717) is 25.7 Å². The van der Waals surface area contributed by atoms with Crippen molar-refractivity contribution in [3.63, 3.8) is 0 Å². The van der Waals surface area contributed by atoms with E-state index in [2.05, 4.69) is 41.5 Å². The second kappa shape index (κ2) is 77.4. The topological polar surface area (TPSA) is 237 Å². The van der Waals surface area contributed by atoms with Gasteiger partial charge in [-0.3, -0.25) is 37.3 Å². The van der Waals surface area contributed by atoms with E-state index in [1.165, 1.54) is 276 Å². The molecule has 0 aliphatic rings. The molecule has 0 radical (unpaired) electrons. The minimum atomic E-state index is -4.97. The van der Waals surface area contributed by atoms with Gasteiger partial charge in [0.05, 0.1) is 26.4 Å². The number of aliphatic hydroxyl groups is 1. The lowest BCUT2D eigenvalue weighted by Gasteiger charge is -2.21. The zero-order valence-corrected chi connectivity index (χ0v) is 70.8. The molecule has 17 nitrogen and oxygen atoms in total. The van der Waals surface area contributed by atoms with Crippen LogP contribution in [0, 0.1) is 11.8 Å². The number of hydrogen-bond donors (Lipinski definition) is 3. The predicted octanol–water partition coefficient (Wildman–Crippen LogP) is 26.2. The highest BCUT2D eigenvalue weighted by Crippen LogP contribution is 2.45. The summed E-state index contributed by atoms with van der Waals surface area (Å²) in [4.78, 5) is 73.2. The molecule has 0 bridgehead atoms. The summed E-state index contributed by atoms with van der Waals surface area (Å²) >= 11 is 0. The second-order valence-corrected chi connectivity index (χ2v) is 34.8. The Hall–Kier alpha value is -1.94. The third-order valence-electron chi connectivity index (χ3n) is 20.2. The van der Waals surface area contributed by atoms with E-state index >= 15 is 0 Å². The van der Waals surface area contributed by atoms with Crippen molar-refractivity contribution < 1.29 is 80.2 Å². The van der Waals surface area contributed by atoms with E-state index in [0.717, 1.165) is 102 Å². The van der Waals surface area contributed by atoms with Crippen LogP contribution in [0.3, 0.4) is 0 Å². The van der Waals surface area contributed by atoms with Gasteiger partial charge in [-0.25, -0.2) is 9.13 Å². The normalized spacial score (nSPS) is 13.8. The molecule has 105 heavy (non-hydrogen) atoms. The Bertz CT molecular complexity index is 2010. The van der Waals surface area contributed by atoms with Crippen molar-refractivity contribution in [2.75, 3.05) is 39.6 Å². The number of unbranched alkanes of at least 4 members (excludes halogenated alkanes) is 55. The highest BCUT2D eigenvalue weighted by Gasteiger charge is 2.30. The zero-order chi connectivity index (χ0) is 77.1. The van der Waals surface area contributed by atoms with Gasteiger partial charge < -0.3 is 33.8 Å². The van der Waals surface area contributed by atoms with Crippen molar-refractivity contribution in [2.45, 2.75) is 477 Å². The SMILES string of the molecule is CCCCCCCCCCCCCCCCCCCCCCCC(=O)O[C@H](COC(=O)CCCCCCCCCCCCCCCCCCC)COP(=O)(O)OC[C@@H](O)COP(=O)(O)OC[C@@H](COC(=O)CCCCCCCCCCCC(C)C)OC(=O)CCCCCCCCCCCCCCC(C)C. The Morgan fingerprint density at radius 2 is 0.438 bits per heavy atom. The third kappa shape index (κ3) is 79.9. The van der Waals surface area contributed by atoms with Gasteiger partial charge in [-0.2, -0.15) is 0 Å². The van der Waals surface area contributed by atoms with Crippen LogP contribution in [0.25, 0.3) is 0 Å². The van der Waals surface area contributed by atoms with Gasteiger partial charge in [0.15, 0.2) is 12.2 Å². The second-order valence-electron chi connectivity index (χ2n) is 31.9. The van der Waals surface area contributed by atoms with E-state index < -0.39 is 97.5 Å². The van der Waals surface area contributed by atoms with Crippen LogP contribution in [-0.4, -0.2) is 96.7 Å². The minimum Gasteiger partial charge on any atom is -0.462 e. The molecular weight excluding hydrogens is 1370 g/mol. The molecule has 0 heterocycles. The monoisotopic (exact) mass is 1540 g/mol. The fourth-order valence-corrected chi connectivity index (χ4v) is 15.0. The first-order valence-corrected chi connectivity index (χ1v) is 47.5. The lowest BCUT2D eigenvalue weighted by Crippen LogP contribution is -2.30. The molecule has 0 aromatic heterocycles. The Balaban J connectivity index is 5.25. The van der Waals surface area contributed by atoms with Crippen molar-refractivity contribution in [3.8, 4) is 0 Å². The summed E-state index contributed by atoms with van der Waals surface area (Å²) in [5, 5.41) is 10.7. The number of phosphoric acid groups is 2. The average molecular weight is 1540 g/mol. The maximum Gasteiger partial charge on any atom is 0.472 e. The summed E-state index contributed by atoms with van der Waals surface area (Å²) in [7, 11) is -9.93. The van der Waals surface area contributed by atoms with Gasteiger partial charge in [0, 0.05) is 25.7 Å². The number of carbonyl (C=O) groups is 4. The maximum absolute atomic E-state index is 13.1. The molecule has 0 rings (SSSR count). The Kier molecular flexibility index (Phi) is 76.0. The summed E-state index contributed by atoms with van der Waals surface area (Å²) < 4.78 is 68.9. The van der Waals surface area contributed by atoms with Gasteiger partial charge in [-0.05, 0) is 37.5 Å². The number of ether oxygens (including phenoxy) is 4. The van der Waals surface area contributed by atoms with E-state index in [9.17, 15) is 43.2 Å². The van der Waals surface area contributed by atoms with Crippen LogP contribution in [0.4, 0.5) is 0 Å². The lowest BCUT2D eigenvalue weighted by molar-refractivity contribution is -0.161. The molecule has 0 amide bonds. The fraction of sp³-hybridized carbons (Fsp3) is 0.953. The molecule has 19 heteroatoms. The molecule has 624 valence electrons. The number of esters is 4.